The number of hydrogen-bond acceptors (Lipinski definition) is 5. The molecule has 1 fully saturated rings. The number of hydrogen-bond donors (Lipinski definition) is 3. The van der Waals surface area contributed by atoms with E-state index >= 15 is 0 Å². The monoisotopic (exact) mass is 406 g/mol. The van der Waals surface area contributed by atoms with Gasteiger partial charge in [-0.05, 0) is 31.2 Å². The van der Waals surface area contributed by atoms with E-state index in [1.54, 1.807) is 13.8 Å². The molecule has 1 aliphatic heterocycles. The molecule has 1 aromatic rings. The lowest BCUT2D eigenvalue weighted by Crippen LogP contribution is -2.47. The van der Waals surface area contributed by atoms with Crippen LogP contribution in [0.4, 0.5) is 0 Å². The number of carboxylic acid groups (broad SMARTS) is 2. The lowest BCUT2D eigenvalue weighted by atomic mass is 9.84. The molecule has 0 aliphatic carbocycles. The Balaban J connectivity index is 0.000000308. The quantitative estimate of drug-likeness (QED) is 0.586. The van der Waals surface area contributed by atoms with Crippen LogP contribution in [0.1, 0.15) is 45.6 Å². The maximum absolute atomic E-state index is 12.0. The lowest BCUT2D eigenvalue weighted by Gasteiger charge is -2.26. The van der Waals surface area contributed by atoms with Crippen LogP contribution >= 0.6 is 0 Å². The van der Waals surface area contributed by atoms with Gasteiger partial charge in [0.15, 0.2) is 0 Å². The van der Waals surface area contributed by atoms with Gasteiger partial charge in [-0.2, -0.15) is 0 Å². The van der Waals surface area contributed by atoms with E-state index in [0.717, 1.165) is 5.56 Å². The fraction of sp³-hybridized carbons (Fsp3) is 0.524. The number of Topliss-reactive ketones (excluding diaryl/α,β-unsaturated/α-hetero) is 1. The van der Waals surface area contributed by atoms with Gasteiger partial charge < -0.3 is 20.8 Å². The van der Waals surface area contributed by atoms with Crippen molar-refractivity contribution in [3.8, 4) is 0 Å². The molecule has 0 saturated carbocycles. The summed E-state index contributed by atoms with van der Waals surface area (Å²) in [4.78, 5) is 46.5. The first-order valence-corrected chi connectivity index (χ1v) is 9.61. The smallest absolute Gasteiger partial charge is 0.326 e. The molecule has 1 heterocycles. The van der Waals surface area contributed by atoms with Crippen LogP contribution in [0.5, 0.6) is 0 Å². The van der Waals surface area contributed by atoms with Crippen LogP contribution in [0.25, 0.3) is 0 Å². The summed E-state index contributed by atoms with van der Waals surface area (Å²) >= 11 is 0. The Morgan fingerprint density at radius 1 is 1.17 bits per heavy atom. The summed E-state index contributed by atoms with van der Waals surface area (Å²) in [5.74, 6) is -3.13. The van der Waals surface area contributed by atoms with E-state index in [0.29, 0.717) is 32.2 Å². The van der Waals surface area contributed by atoms with Crippen LogP contribution in [-0.4, -0.2) is 57.4 Å². The SMILES string of the molecule is CCC(C)(C)C(=O)C(=O)N1CCC[C@H]1C(=O)O.N[C@@H](Cc1ccccc1)C(=O)O. The highest BCUT2D eigenvalue weighted by Gasteiger charge is 2.41. The number of aliphatic carboxylic acids is 2. The summed E-state index contributed by atoms with van der Waals surface area (Å²) in [5, 5.41) is 17.5. The molecule has 1 aliphatic rings. The second kappa shape index (κ2) is 10.7. The Kier molecular flexibility index (Phi) is 8.97. The van der Waals surface area contributed by atoms with Crippen molar-refractivity contribution < 1.29 is 29.4 Å². The number of rotatable bonds is 7. The van der Waals surface area contributed by atoms with Gasteiger partial charge in [0.1, 0.15) is 12.1 Å². The first kappa shape index (κ1) is 24.3. The number of amides is 1. The third-order valence-corrected chi connectivity index (χ3v) is 5.11. The summed E-state index contributed by atoms with van der Waals surface area (Å²) in [5.41, 5.74) is 5.58. The number of nitrogens with zero attached hydrogens (tertiary/aromatic N) is 1. The van der Waals surface area contributed by atoms with Gasteiger partial charge in [0.25, 0.3) is 5.91 Å². The Hall–Kier alpha value is -2.74. The normalized spacial score (nSPS) is 17.1. The van der Waals surface area contributed by atoms with Gasteiger partial charge in [-0.1, -0.05) is 51.1 Å². The Morgan fingerprint density at radius 3 is 2.24 bits per heavy atom. The number of benzene rings is 1. The second-order valence-electron chi connectivity index (χ2n) is 7.70. The summed E-state index contributed by atoms with van der Waals surface area (Å²) in [7, 11) is 0. The van der Waals surface area contributed by atoms with E-state index in [2.05, 4.69) is 0 Å². The maximum atomic E-state index is 12.0. The predicted molar refractivity (Wildman–Crippen MR) is 107 cm³/mol. The van der Waals surface area contributed by atoms with E-state index in [9.17, 15) is 19.2 Å². The molecule has 1 saturated heterocycles. The van der Waals surface area contributed by atoms with Crippen molar-refractivity contribution >= 4 is 23.6 Å². The van der Waals surface area contributed by atoms with Crippen molar-refractivity contribution in [1.29, 1.82) is 0 Å². The highest BCUT2D eigenvalue weighted by molar-refractivity contribution is 6.38. The maximum Gasteiger partial charge on any atom is 0.326 e. The Labute approximate surface area is 170 Å². The standard InChI is InChI=1S/C12H19NO4.C9H11NO2/c1-4-12(2,3)9(14)10(15)13-7-5-6-8(13)11(16)17;10-8(9(11)12)6-7-4-2-1-3-5-7/h8H,4-7H2,1-3H3,(H,16,17);1-5,8H,6,10H2,(H,11,12)/t2*8-/m00/s1. The molecule has 1 aromatic carbocycles. The Bertz CT molecular complexity index is 732. The minimum Gasteiger partial charge on any atom is -0.480 e. The molecule has 2 rings (SSSR count). The van der Waals surface area contributed by atoms with Crippen LogP contribution in [-0.2, 0) is 25.6 Å². The summed E-state index contributed by atoms with van der Waals surface area (Å²) < 4.78 is 0. The third-order valence-electron chi connectivity index (χ3n) is 5.11. The van der Waals surface area contributed by atoms with Gasteiger partial charge >= 0.3 is 11.9 Å². The van der Waals surface area contributed by atoms with Gasteiger partial charge in [0.2, 0.25) is 5.78 Å². The zero-order chi connectivity index (χ0) is 22.2. The number of ketones is 1. The van der Waals surface area contributed by atoms with Crippen molar-refractivity contribution in [2.45, 2.75) is 58.5 Å². The van der Waals surface area contributed by atoms with Crippen molar-refractivity contribution in [2.24, 2.45) is 11.1 Å². The third kappa shape index (κ3) is 6.98. The van der Waals surface area contributed by atoms with Crippen molar-refractivity contribution in [2.75, 3.05) is 6.54 Å². The Morgan fingerprint density at radius 2 is 1.76 bits per heavy atom. The number of carboxylic acids is 2. The molecule has 0 bridgehead atoms. The fourth-order valence-corrected chi connectivity index (χ4v) is 2.80. The van der Waals surface area contributed by atoms with Crippen LogP contribution in [0.3, 0.4) is 0 Å². The number of carbonyl (C=O) groups is 4. The highest BCUT2D eigenvalue weighted by Crippen LogP contribution is 2.25. The molecule has 0 unspecified atom stereocenters. The first-order valence-electron chi connectivity index (χ1n) is 9.61. The molecule has 0 aromatic heterocycles. The minimum absolute atomic E-state index is 0.362. The molecular weight excluding hydrogens is 376 g/mol. The number of nitrogens with two attached hydrogens (primary N) is 1. The number of carbonyl (C=O) groups excluding carboxylic acids is 2. The van der Waals surface area contributed by atoms with Gasteiger partial charge in [0.05, 0.1) is 0 Å². The molecular formula is C21H30N2O6. The van der Waals surface area contributed by atoms with Crippen LogP contribution in [0.2, 0.25) is 0 Å². The molecule has 4 N–H and O–H groups in total. The summed E-state index contributed by atoms with van der Waals surface area (Å²) in [6.45, 7) is 5.61. The fourth-order valence-electron chi connectivity index (χ4n) is 2.80. The van der Waals surface area contributed by atoms with E-state index < -0.39 is 41.1 Å². The average molecular weight is 406 g/mol. The first-order chi connectivity index (χ1) is 13.5. The van der Waals surface area contributed by atoms with Gasteiger partial charge in [-0.3, -0.25) is 14.4 Å². The van der Waals surface area contributed by atoms with Crippen LogP contribution in [0, 0.1) is 5.41 Å². The summed E-state index contributed by atoms with van der Waals surface area (Å²) in [6, 6.07) is 7.71. The zero-order valence-corrected chi connectivity index (χ0v) is 17.1. The molecule has 0 radical (unpaired) electrons. The van der Waals surface area contributed by atoms with Crippen molar-refractivity contribution in [1.82, 2.24) is 4.90 Å². The van der Waals surface area contributed by atoms with Crippen LogP contribution in [0.15, 0.2) is 30.3 Å². The molecule has 8 nitrogen and oxygen atoms in total. The number of likely N-dealkylation sites (tertiary alicyclic amines) is 1. The predicted octanol–water partition coefficient (Wildman–Crippen LogP) is 1.71. The van der Waals surface area contributed by atoms with E-state index in [-0.39, 0.29) is 0 Å². The molecule has 1 amide bonds. The van der Waals surface area contributed by atoms with Crippen molar-refractivity contribution in [3.05, 3.63) is 35.9 Å². The van der Waals surface area contributed by atoms with Gasteiger partial charge in [0, 0.05) is 12.0 Å². The van der Waals surface area contributed by atoms with Crippen molar-refractivity contribution in [3.63, 3.8) is 0 Å². The van der Waals surface area contributed by atoms with Gasteiger partial charge in [-0.15, -0.1) is 0 Å². The summed E-state index contributed by atoms with van der Waals surface area (Å²) in [6.07, 6.45) is 2.02. The lowest BCUT2D eigenvalue weighted by molar-refractivity contribution is -0.154. The molecule has 29 heavy (non-hydrogen) atoms. The van der Waals surface area contributed by atoms with Gasteiger partial charge in [-0.25, -0.2) is 4.79 Å². The van der Waals surface area contributed by atoms with E-state index in [1.165, 1.54) is 4.90 Å². The molecule has 8 heteroatoms. The second-order valence-corrected chi connectivity index (χ2v) is 7.70. The average Bonchev–Trinajstić information content (AvgIpc) is 3.18. The largest absolute Gasteiger partial charge is 0.480 e. The molecule has 0 spiro atoms. The van der Waals surface area contributed by atoms with Crippen LogP contribution < -0.4 is 5.73 Å². The topological polar surface area (TPSA) is 138 Å². The highest BCUT2D eigenvalue weighted by atomic mass is 16.4. The minimum atomic E-state index is -1.03. The molecule has 2 atom stereocenters. The zero-order valence-electron chi connectivity index (χ0n) is 17.1. The van der Waals surface area contributed by atoms with E-state index in [4.69, 9.17) is 15.9 Å². The van der Waals surface area contributed by atoms with E-state index in [1.807, 2.05) is 37.3 Å². The molecule has 160 valence electrons.